The minimum absolute atomic E-state index is 0.0606. The summed E-state index contributed by atoms with van der Waals surface area (Å²) in [5.74, 6) is -0.710. The molecule has 3 heterocycles. The second-order valence-electron chi connectivity index (χ2n) is 9.22. The highest BCUT2D eigenvalue weighted by Gasteiger charge is 2.49. The molecule has 0 aromatic heterocycles. The van der Waals surface area contributed by atoms with Gasteiger partial charge in [-0.1, -0.05) is 18.2 Å². The average molecular weight is 531 g/mol. The maximum absolute atomic E-state index is 13.3. The largest absolute Gasteiger partial charge is 0.388 e. The van der Waals surface area contributed by atoms with E-state index in [2.05, 4.69) is 16.7 Å². The Hall–Kier alpha value is -1.24. The topological polar surface area (TPSA) is 120 Å². The summed E-state index contributed by atoms with van der Waals surface area (Å²) in [6.45, 7) is 2.60. The van der Waals surface area contributed by atoms with Gasteiger partial charge in [0.05, 0.1) is 24.1 Å². The Balaban J connectivity index is 1.47. The van der Waals surface area contributed by atoms with Crippen LogP contribution in [0.25, 0.3) is 5.57 Å². The van der Waals surface area contributed by atoms with Crippen LogP contribution in [0, 0.1) is 11.7 Å². The predicted octanol–water partition coefficient (Wildman–Crippen LogP) is 0.869. The number of ether oxygens (including phenoxy) is 2. The van der Waals surface area contributed by atoms with E-state index in [9.17, 15) is 24.5 Å². The number of alkyl halides is 1. The highest BCUT2D eigenvalue weighted by atomic mass is 35.5. The summed E-state index contributed by atoms with van der Waals surface area (Å²) in [5.41, 5.74) is 1.19. The second kappa shape index (κ2) is 11.4. The van der Waals surface area contributed by atoms with Crippen LogP contribution in [0.4, 0.5) is 4.39 Å². The van der Waals surface area contributed by atoms with E-state index in [0.717, 1.165) is 11.1 Å². The monoisotopic (exact) mass is 530 g/mol. The van der Waals surface area contributed by atoms with Crippen molar-refractivity contribution in [2.45, 2.75) is 66.8 Å². The number of carbonyl (C=O) groups is 1. The molecule has 2 saturated heterocycles. The Labute approximate surface area is 213 Å². The lowest BCUT2D eigenvalue weighted by atomic mass is 9.92. The molecule has 3 aliphatic heterocycles. The van der Waals surface area contributed by atoms with Gasteiger partial charge >= 0.3 is 0 Å². The molecule has 3 aliphatic rings. The SMILES string of the molecule is CSC1OC(C(NC(=O)C2NCC3C=C(c4ccc(F)cc4)CCOC32)C(C)Cl)C(O)C(O)C1O. The molecule has 1 aromatic rings. The molecule has 1 amide bonds. The van der Waals surface area contributed by atoms with E-state index >= 15 is 0 Å². The molecule has 10 unspecified atom stereocenters. The van der Waals surface area contributed by atoms with Gasteiger partial charge in [-0.25, -0.2) is 4.39 Å². The molecule has 0 aliphatic carbocycles. The van der Waals surface area contributed by atoms with E-state index in [1.807, 2.05) is 0 Å². The highest BCUT2D eigenvalue weighted by molar-refractivity contribution is 7.99. The summed E-state index contributed by atoms with van der Waals surface area (Å²) < 4.78 is 25.2. The number of nitrogens with one attached hydrogen (secondary N) is 2. The number of benzene rings is 1. The van der Waals surface area contributed by atoms with E-state index in [1.54, 1.807) is 25.3 Å². The van der Waals surface area contributed by atoms with Gasteiger partial charge in [-0.15, -0.1) is 23.4 Å². The molecule has 0 spiro atoms. The third-order valence-electron chi connectivity index (χ3n) is 6.91. The molecule has 2 fully saturated rings. The van der Waals surface area contributed by atoms with Gasteiger partial charge in [0.25, 0.3) is 0 Å². The molecular formula is C24H32ClFN2O6S. The van der Waals surface area contributed by atoms with Crippen LogP contribution < -0.4 is 10.6 Å². The van der Waals surface area contributed by atoms with E-state index in [4.69, 9.17) is 21.1 Å². The Kier molecular flexibility index (Phi) is 8.76. The maximum Gasteiger partial charge on any atom is 0.240 e. The molecule has 8 nitrogen and oxygen atoms in total. The lowest BCUT2D eigenvalue weighted by Crippen LogP contribution is -2.65. The normalized spacial score (nSPS) is 37.1. The number of halogens is 2. The van der Waals surface area contributed by atoms with Crippen molar-refractivity contribution >= 4 is 34.8 Å². The van der Waals surface area contributed by atoms with Crippen molar-refractivity contribution in [2.24, 2.45) is 5.92 Å². The van der Waals surface area contributed by atoms with Gasteiger partial charge in [0.15, 0.2) is 0 Å². The number of carbonyl (C=O) groups excluding carboxylic acids is 1. The third kappa shape index (κ3) is 5.70. The molecule has 0 bridgehead atoms. The first-order chi connectivity index (χ1) is 16.7. The number of rotatable bonds is 6. The summed E-state index contributed by atoms with van der Waals surface area (Å²) in [6, 6.07) is 4.85. The Morgan fingerprint density at radius 1 is 1.23 bits per heavy atom. The maximum atomic E-state index is 13.3. The summed E-state index contributed by atoms with van der Waals surface area (Å²) in [7, 11) is 0. The van der Waals surface area contributed by atoms with Crippen molar-refractivity contribution in [2.75, 3.05) is 19.4 Å². The molecule has 4 rings (SSSR count). The van der Waals surface area contributed by atoms with Gasteiger partial charge < -0.3 is 35.4 Å². The number of aliphatic hydroxyl groups is 3. The van der Waals surface area contributed by atoms with Crippen LogP contribution in [0.5, 0.6) is 0 Å². The standard InChI is InChI=1S/C24H32ClFN2O6S/c1-11(25)16(22-19(30)18(29)20(31)24(34-22)35-2)28-23(32)17-21-14(10-27-17)9-13(7-8-33-21)12-3-5-15(26)6-4-12/h3-6,9,11,14,16-22,24,27,29-31H,7-8,10H2,1-2H3,(H,28,32). The van der Waals surface area contributed by atoms with Crippen molar-refractivity contribution < 1.29 is 34.0 Å². The number of thioether (sulfide) groups is 1. The predicted molar refractivity (Wildman–Crippen MR) is 131 cm³/mol. The zero-order valence-corrected chi connectivity index (χ0v) is 21.1. The van der Waals surface area contributed by atoms with E-state index < -0.39 is 53.4 Å². The summed E-state index contributed by atoms with van der Waals surface area (Å²) in [6.07, 6.45) is -1.12. The van der Waals surface area contributed by atoms with Crippen molar-refractivity contribution in [3.8, 4) is 0 Å². The zero-order valence-electron chi connectivity index (χ0n) is 19.5. The fourth-order valence-electron chi connectivity index (χ4n) is 4.99. The molecule has 1 aromatic carbocycles. The van der Waals surface area contributed by atoms with Crippen LogP contribution in [0.15, 0.2) is 30.3 Å². The number of amides is 1. The minimum Gasteiger partial charge on any atom is -0.388 e. The van der Waals surface area contributed by atoms with Crippen molar-refractivity contribution in [1.82, 2.24) is 10.6 Å². The number of hydrogen-bond acceptors (Lipinski definition) is 8. The van der Waals surface area contributed by atoms with Gasteiger partial charge in [-0.2, -0.15) is 0 Å². The summed E-state index contributed by atoms with van der Waals surface area (Å²) in [5, 5.41) is 36.5. The van der Waals surface area contributed by atoms with E-state index in [1.165, 1.54) is 23.9 Å². The molecule has 0 saturated carbocycles. The quantitative estimate of drug-likeness (QED) is 0.344. The van der Waals surface area contributed by atoms with Gasteiger partial charge in [-0.3, -0.25) is 4.79 Å². The smallest absolute Gasteiger partial charge is 0.240 e. The van der Waals surface area contributed by atoms with E-state index in [0.29, 0.717) is 19.6 Å². The zero-order chi connectivity index (χ0) is 25.3. The first-order valence-electron chi connectivity index (χ1n) is 11.7. The summed E-state index contributed by atoms with van der Waals surface area (Å²) in [4.78, 5) is 13.3. The molecule has 10 atom stereocenters. The molecule has 11 heteroatoms. The van der Waals surface area contributed by atoms with Gasteiger partial charge in [-0.05, 0) is 42.9 Å². The second-order valence-corrected chi connectivity index (χ2v) is 10.8. The lowest BCUT2D eigenvalue weighted by molar-refractivity contribution is -0.205. The number of fused-ring (bicyclic) bond motifs is 1. The average Bonchev–Trinajstić information content (AvgIpc) is 3.12. The molecule has 5 N–H and O–H groups in total. The number of hydrogen-bond donors (Lipinski definition) is 5. The molecule has 0 radical (unpaired) electrons. The minimum atomic E-state index is -1.43. The van der Waals surface area contributed by atoms with E-state index in [-0.39, 0.29) is 17.6 Å². The van der Waals surface area contributed by atoms with Crippen molar-refractivity contribution in [3.63, 3.8) is 0 Å². The fourth-order valence-corrected chi connectivity index (χ4v) is 5.87. The number of aliphatic hydroxyl groups excluding tert-OH is 3. The van der Waals surface area contributed by atoms with Gasteiger partial charge in [0.2, 0.25) is 5.91 Å². The Bertz CT molecular complexity index is 920. The van der Waals surface area contributed by atoms with Gasteiger partial charge in [0, 0.05) is 12.5 Å². The third-order valence-corrected chi connectivity index (χ3v) is 8.04. The van der Waals surface area contributed by atoms with Crippen molar-refractivity contribution in [1.29, 1.82) is 0 Å². The first kappa shape index (κ1) is 26.8. The van der Waals surface area contributed by atoms with Crippen LogP contribution in [0.2, 0.25) is 0 Å². The van der Waals surface area contributed by atoms with Crippen LogP contribution in [0.1, 0.15) is 18.9 Å². The Morgan fingerprint density at radius 3 is 2.60 bits per heavy atom. The van der Waals surface area contributed by atoms with Crippen LogP contribution in [-0.2, 0) is 14.3 Å². The van der Waals surface area contributed by atoms with Crippen LogP contribution >= 0.6 is 23.4 Å². The Morgan fingerprint density at radius 2 is 1.94 bits per heavy atom. The van der Waals surface area contributed by atoms with Crippen LogP contribution in [0.3, 0.4) is 0 Å². The lowest BCUT2D eigenvalue weighted by Gasteiger charge is -2.44. The first-order valence-corrected chi connectivity index (χ1v) is 13.4. The highest BCUT2D eigenvalue weighted by Crippen LogP contribution is 2.32. The molecule has 194 valence electrons. The molecular weight excluding hydrogens is 499 g/mol. The van der Waals surface area contributed by atoms with Crippen LogP contribution in [-0.4, -0.2) is 94.1 Å². The molecule has 35 heavy (non-hydrogen) atoms. The van der Waals surface area contributed by atoms with Crippen molar-refractivity contribution in [3.05, 3.63) is 41.7 Å². The van der Waals surface area contributed by atoms with Gasteiger partial charge in [0.1, 0.15) is 41.7 Å². The summed E-state index contributed by atoms with van der Waals surface area (Å²) >= 11 is 7.58. The fraction of sp³-hybridized carbons (Fsp3) is 0.625.